The van der Waals surface area contributed by atoms with Gasteiger partial charge in [-0.25, -0.2) is 0 Å². The van der Waals surface area contributed by atoms with Crippen LogP contribution in [-0.2, 0) is 19.1 Å². The van der Waals surface area contributed by atoms with Crippen LogP contribution in [0.2, 0.25) is 0 Å². The fourth-order valence-corrected chi connectivity index (χ4v) is 2.10. The van der Waals surface area contributed by atoms with Crippen LogP contribution in [0.15, 0.2) is 46.6 Å². The Morgan fingerprint density at radius 3 is 2.50 bits per heavy atom. The Balaban J connectivity index is 2.32. The van der Waals surface area contributed by atoms with Crippen LogP contribution in [0.25, 0.3) is 11.1 Å². The van der Waals surface area contributed by atoms with E-state index in [0.717, 1.165) is 11.8 Å². The van der Waals surface area contributed by atoms with Crippen molar-refractivity contribution in [2.24, 2.45) is 10.9 Å². The predicted molar refractivity (Wildman–Crippen MR) is 95.2 cm³/mol. The maximum absolute atomic E-state index is 12.0. The highest BCUT2D eigenvalue weighted by Crippen LogP contribution is 2.19. The molecule has 0 atom stereocenters. The average Bonchev–Trinajstić information content (AvgIpc) is 2.64. The number of aliphatic imine (C=N–C) groups is 1. The molecule has 0 aromatic carbocycles. The number of hydrogen-bond donors (Lipinski definition) is 1. The number of nitrogens with zero attached hydrogens (tertiary/aromatic N) is 2. The average molecular weight is 357 g/mol. The molecule has 1 N–H and O–H groups in total. The smallest absolute Gasteiger partial charge is 0.325 e. The fraction of sp³-hybridized carbons (Fsp3) is 0.278. The van der Waals surface area contributed by atoms with Crippen molar-refractivity contribution in [3.05, 3.63) is 47.1 Å². The molecule has 2 aromatic rings. The standard InChI is InChI=1S/C18H19N3O5/c1-3-25-17(23)14(18(24)26-4-2)11-20-15-8-13(10-21-16(15)22)12-6-5-7-19-9-12/h5-11,14H,3-4H2,1-2H3,(H,21,22). The third-order valence-corrected chi connectivity index (χ3v) is 3.32. The van der Waals surface area contributed by atoms with Gasteiger partial charge in [-0.3, -0.25) is 24.4 Å². The zero-order valence-corrected chi connectivity index (χ0v) is 14.5. The number of nitrogens with one attached hydrogen (secondary N) is 1. The Morgan fingerprint density at radius 2 is 1.92 bits per heavy atom. The van der Waals surface area contributed by atoms with E-state index in [2.05, 4.69) is 15.0 Å². The van der Waals surface area contributed by atoms with Crippen molar-refractivity contribution in [1.82, 2.24) is 9.97 Å². The van der Waals surface area contributed by atoms with E-state index in [1.54, 1.807) is 38.4 Å². The van der Waals surface area contributed by atoms with E-state index in [4.69, 9.17) is 9.47 Å². The molecular weight excluding hydrogens is 338 g/mol. The highest BCUT2D eigenvalue weighted by atomic mass is 16.6. The van der Waals surface area contributed by atoms with Gasteiger partial charge in [-0.15, -0.1) is 0 Å². The molecule has 0 fully saturated rings. The van der Waals surface area contributed by atoms with Crippen LogP contribution >= 0.6 is 0 Å². The highest BCUT2D eigenvalue weighted by Gasteiger charge is 2.27. The van der Waals surface area contributed by atoms with Crippen molar-refractivity contribution >= 4 is 23.8 Å². The molecule has 0 amide bonds. The minimum Gasteiger partial charge on any atom is -0.465 e. The van der Waals surface area contributed by atoms with Crippen LogP contribution < -0.4 is 5.56 Å². The van der Waals surface area contributed by atoms with E-state index in [1.165, 1.54) is 6.20 Å². The monoisotopic (exact) mass is 357 g/mol. The van der Waals surface area contributed by atoms with Gasteiger partial charge in [-0.2, -0.15) is 0 Å². The summed E-state index contributed by atoms with van der Waals surface area (Å²) in [5.41, 5.74) is 1.06. The highest BCUT2D eigenvalue weighted by molar-refractivity contribution is 6.09. The molecule has 0 bridgehead atoms. The Bertz CT molecular complexity index is 827. The second-order valence-corrected chi connectivity index (χ2v) is 5.10. The molecule has 0 unspecified atom stereocenters. The summed E-state index contributed by atoms with van der Waals surface area (Å²) in [7, 11) is 0. The number of aromatic amines is 1. The van der Waals surface area contributed by atoms with E-state index in [1.807, 2.05) is 6.07 Å². The fourth-order valence-electron chi connectivity index (χ4n) is 2.10. The Hall–Kier alpha value is -3.29. The lowest BCUT2D eigenvalue weighted by Crippen LogP contribution is -2.29. The summed E-state index contributed by atoms with van der Waals surface area (Å²) in [6, 6.07) is 5.13. The van der Waals surface area contributed by atoms with Crippen LogP contribution in [0.3, 0.4) is 0 Å². The first kappa shape index (κ1) is 19.0. The number of ether oxygens (including phenoxy) is 2. The second kappa shape index (κ2) is 9.26. The number of esters is 2. The minimum atomic E-state index is -1.34. The van der Waals surface area contributed by atoms with Crippen molar-refractivity contribution in [2.45, 2.75) is 13.8 Å². The van der Waals surface area contributed by atoms with Gasteiger partial charge < -0.3 is 14.5 Å². The molecule has 0 saturated carbocycles. The molecule has 0 aliphatic carbocycles. The minimum absolute atomic E-state index is 0.0463. The quantitative estimate of drug-likeness (QED) is 0.460. The first-order chi connectivity index (χ1) is 12.6. The van der Waals surface area contributed by atoms with Crippen LogP contribution in [-0.4, -0.2) is 41.3 Å². The molecular formula is C18H19N3O5. The molecule has 0 aliphatic rings. The molecule has 8 heteroatoms. The summed E-state index contributed by atoms with van der Waals surface area (Å²) in [5, 5.41) is 0. The largest absolute Gasteiger partial charge is 0.465 e. The van der Waals surface area contributed by atoms with Crippen molar-refractivity contribution in [3.8, 4) is 11.1 Å². The molecule has 2 aromatic heterocycles. The van der Waals surface area contributed by atoms with Crippen LogP contribution in [0.5, 0.6) is 0 Å². The first-order valence-electron chi connectivity index (χ1n) is 8.07. The summed E-state index contributed by atoms with van der Waals surface area (Å²) in [5.74, 6) is -2.90. The Kier molecular flexibility index (Phi) is 6.78. The SMILES string of the molecule is CCOC(=O)C(C=Nc1cc(-c2cccnc2)c[nH]c1=O)C(=O)OCC. The van der Waals surface area contributed by atoms with Crippen molar-refractivity contribution in [1.29, 1.82) is 0 Å². The van der Waals surface area contributed by atoms with Gasteiger partial charge in [0.15, 0.2) is 5.92 Å². The molecule has 2 heterocycles. The number of hydrogen-bond acceptors (Lipinski definition) is 7. The summed E-state index contributed by atoms with van der Waals surface area (Å²) in [4.78, 5) is 46.5. The molecule has 136 valence electrons. The molecule has 2 rings (SSSR count). The van der Waals surface area contributed by atoms with Crippen LogP contribution in [0, 0.1) is 5.92 Å². The van der Waals surface area contributed by atoms with Crippen LogP contribution in [0.4, 0.5) is 5.69 Å². The van der Waals surface area contributed by atoms with E-state index in [0.29, 0.717) is 5.56 Å². The Morgan fingerprint density at radius 1 is 1.23 bits per heavy atom. The van der Waals surface area contributed by atoms with E-state index in [9.17, 15) is 14.4 Å². The third-order valence-electron chi connectivity index (χ3n) is 3.32. The van der Waals surface area contributed by atoms with Gasteiger partial charge in [-0.1, -0.05) is 6.07 Å². The lowest BCUT2D eigenvalue weighted by molar-refractivity contribution is -0.157. The molecule has 0 radical (unpaired) electrons. The molecule has 0 aliphatic heterocycles. The van der Waals surface area contributed by atoms with Crippen molar-refractivity contribution in [2.75, 3.05) is 13.2 Å². The normalized spacial score (nSPS) is 10.9. The lowest BCUT2D eigenvalue weighted by Gasteiger charge is -2.10. The number of aromatic nitrogens is 2. The third kappa shape index (κ3) is 4.85. The van der Waals surface area contributed by atoms with Gasteiger partial charge in [0.25, 0.3) is 5.56 Å². The number of H-pyrrole nitrogens is 1. The summed E-state index contributed by atoms with van der Waals surface area (Å²) >= 11 is 0. The van der Waals surface area contributed by atoms with E-state index >= 15 is 0 Å². The number of rotatable bonds is 7. The van der Waals surface area contributed by atoms with Gasteiger partial charge in [0.1, 0.15) is 5.69 Å². The summed E-state index contributed by atoms with van der Waals surface area (Å²) in [6.45, 7) is 3.47. The van der Waals surface area contributed by atoms with Gasteiger partial charge in [0.05, 0.1) is 13.2 Å². The number of carbonyl (C=O) groups is 2. The second-order valence-electron chi connectivity index (χ2n) is 5.10. The topological polar surface area (TPSA) is 111 Å². The Labute approximate surface area is 149 Å². The zero-order valence-electron chi connectivity index (χ0n) is 14.5. The van der Waals surface area contributed by atoms with Gasteiger partial charge in [0, 0.05) is 35.9 Å². The molecule has 26 heavy (non-hydrogen) atoms. The summed E-state index contributed by atoms with van der Waals surface area (Å²) < 4.78 is 9.72. The molecule has 8 nitrogen and oxygen atoms in total. The molecule has 0 saturated heterocycles. The first-order valence-corrected chi connectivity index (χ1v) is 8.07. The van der Waals surface area contributed by atoms with Crippen molar-refractivity contribution < 1.29 is 19.1 Å². The maximum atomic E-state index is 12.0. The number of carbonyl (C=O) groups excluding carboxylic acids is 2. The summed E-state index contributed by atoms with van der Waals surface area (Å²) in [6.07, 6.45) is 5.87. The van der Waals surface area contributed by atoms with Gasteiger partial charge in [0.2, 0.25) is 0 Å². The zero-order chi connectivity index (χ0) is 18.9. The van der Waals surface area contributed by atoms with Crippen molar-refractivity contribution in [3.63, 3.8) is 0 Å². The maximum Gasteiger partial charge on any atom is 0.325 e. The predicted octanol–water partition coefficient (Wildman–Crippen LogP) is 1.88. The van der Waals surface area contributed by atoms with Gasteiger partial charge >= 0.3 is 11.9 Å². The molecule has 0 spiro atoms. The van der Waals surface area contributed by atoms with E-state index in [-0.39, 0.29) is 18.9 Å². The number of pyridine rings is 2. The lowest BCUT2D eigenvalue weighted by atomic mass is 10.1. The van der Waals surface area contributed by atoms with Crippen LogP contribution in [0.1, 0.15) is 13.8 Å². The van der Waals surface area contributed by atoms with E-state index < -0.39 is 23.4 Å². The van der Waals surface area contributed by atoms with Gasteiger partial charge in [-0.05, 0) is 26.0 Å².